The van der Waals surface area contributed by atoms with Crippen LogP contribution in [0.4, 0.5) is 5.69 Å². The highest BCUT2D eigenvalue weighted by Crippen LogP contribution is 2.34. The van der Waals surface area contributed by atoms with Crippen LogP contribution >= 0.6 is 0 Å². The second kappa shape index (κ2) is 10.3. The van der Waals surface area contributed by atoms with E-state index in [1.54, 1.807) is 28.0 Å². The molecule has 7 heteroatoms. The van der Waals surface area contributed by atoms with Gasteiger partial charge in [0, 0.05) is 12.7 Å². The standard InChI is InChI=1S/C28H26N4O3/c33-27(29-16-15-21-9-3-1-4-10-21)26-20-32(24-13-7-8-14-25(24)35-26)28(34)23-17-30-31(19-23)18-22-11-5-2-6-12-22/h1-14,17,19,26H,15-16,18,20H2,(H,29,33). The predicted molar refractivity (Wildman–Crippen MR) is 133 cm³/mol. The van der Waals surface area contributed by atoms with Crippen molar-refractivity contribution in [3.05, 3.63) is 114 Å². The van der Waals surface area contributed by atoms with Crippen molar-refractivity contribution < 1.29 is 14.3 Å². The van der Waals surface area contributed by atoms with Gasteiger partial charge in [0.1, 0.15) is 5.75 Å². The van der Waals surface area contributed by atoms with Gasteiger partial charge in [-0.1, -0.05) is 72.8 Å². The minimum Gasteiger partial charge on any atom is -0.477 e. The molecule has 4 aromatic rings. The molecule has 3 aromatic carbocycles. The number of carbonyl (C=O) groups is 2. The van der Waals surface area contributed by atoms with Crippen LogP contribution in [0.1, 0.15) is 21.5 Å². The zero-order valence-corrected chi connectivity index (χ0v) is 19.2. The summed E-state index contributed by atoms with van der Waals surface area (Å²) < 4.78 is 7.71. The topological polar surface area (TPSA) is 76.5 Å². The smallest absolute Gasteiger partial charge is 0.262 e. The molecule has 0 saturated heterocycles. The summed E-state index contributed by atoms with van der Waals surface area (Å²) in [5, 5.41) is 7.31. The molecule has 176 valence electrons. The van der Waals surface area contributed by atoms with Crippen molar-refractivity contribution >= 4 is 17.5 Å². The zero-order chi connectivity index (χ0) is 24.0. The highest BCUT2D eigenvalue weighted by atomic mass is 16.5. The van der Waals surface area contributed by atoms with Gasteiger partial charge in [-0.25, -0.2) is 0 Å². The van der Waals surface area contributed by atoms with Crippen molar-refractivity contribution in [2.24, 2.45) is 0 Å². The number of nitrogens with one attached hydrogen (secondary N) is 1. The lowest BCUT2D eigenvalue weighted by Crippen LogP contribution is -2.51. The van der Waals surface area contributed by atoms with Crippen LogP contribution in [0.2, 0.25) is 0 Å². The molecule has 1 aliphatic heterocycles. The maximum atomic E-state index is 13.5. The molecule has 0 saturated carbocycles. The molecule has 0 spiro atoms. The van der Waals surface area contributed by atoms with Crippen LogP contribution in [0.5, 0.6) is 5.75 Å². The van der Waals surface area contributed by atoms with E-state index in [1.807, 2.05) is 78.9 Å². The average molecular weight is 467 g/mol. The Morgan fingerprint density at radius 1 is 0.914 bits per heavy atom. The lowest BCUT2D eigenvalue weighted by molar-refractivity contribution is -0.127. The molecule has 2 heterocycles. The van der Waals surface area contributed by atoms with Gasteiger partial charge in [0.2, 0.25) is 0 Å². The van der Waals surface area contributed by atoms with Crippen molar-refractivity contribution in [1.82, 2.24) is 15.1 Å². The lowest BCUT2D eigenvalue weighted by Gasteiger charge is -2.34. The number of fused-ring (bicyclic) bond motifs is 1. The van der Waals surface area contributed by atoms with Crippen molar-refractivity contribution in [3.8, 4) is 5.75 Å². The van der Waals surface area contributed by atoms with Crippen molar-refractivity contribution in [2.45, 2.75) is 19.1 Å². The summed E-state index contributed by atoms with van der Waals surface area (Å²) in [6.45, 7) is 1.18. The number of ether oxygens (including phenoxy) is 1. The van der Waals surface area contributed by atoms with Gasteiger partial charge in [-0.2, -0.15) is 5.10 Å². The van der Waals surface area contributed by atoms with E-state index in [4.69, 9.17) is 4.74 Å². The maximum absolute atomic E-state index is 13.5. The van der Waals surface area contributed by atoms with Crippen molar-refractivity contribution in [3.63, 3.8) is 0 Å². The molecule has 5 rings (SSSR count). The van der Waals surface area contributed by atoms with Gasteiger partial charge in [-0.05, 0) is 29.7 Å². The normalized spacial score (nSPS) is 14.6. The number of carbonyl (C=O) groups excluding carboxylic acids is 2. The highest BCUT2D eigenvalue weighted by molar-refractivity contribution is 6.07. The largest absolute Gasteiger partial charge is 0.477 e. The Morgan fingerprint density at radius 3 is 2.37 bits per heavy atom. The van der Waals surface area contributed by atoms with E-state index in [-0.39, 0.29) is 18.4 Å². The molecule has 2 amide bonds. The third-order valence-electron chi connectivity index (χ3n) is 5.93. The van der Waals surface area contributed by atoms with Crippen LogP contribution in [0, 0.1) is 0 Å². The summed E-state index contributed by atoms with van der Waals surface area (Å²) in [7, 11) is 0. The van der Waals surface area contributed by atoms with E-state index < -0.39 is 6.10 Å². The van der Waals surface area contributed by atoms with Gasteiger partial charge in [0.05, 0.1) is 30.5 Å². The minimum atomic E-state index is -0.802. The van der Waals surface area contributed by atoms with Crippen LogP contribution in [0.3, 0.4) is 0 Å². The van der Waals surface area contributed by atoms with Gasteiger partial charge in [0.15, 0.2) is 6.10 Å². The minimum absolute atomic E-state index is 0.122. The van der Waals surface area contributed by atoms with Gasteiger partial charge in [-0.15, -0.1) is 0 Å². The fourth-order valence-corrected chi connectivity index (χ4v) is 4.14. The number of anilines is 1. The average Bonchev–Trinajstić information content (AvgIpc) is 3.37. The summed E-state index contributed by atoms with van der Waals surface area (Å²) in [6, 6.07) is 27.2. The Morgan fingerprint density at radius 2 is 1.60 bits per heavy atom. The van der Waals surface area contributed by atoms with E-state index in [1.165, 1.54) is 0 Å². The third kappa shape index (κ3) is 5.24. The number of rotatable bonds is 7. The quantitative estimate of drug-likeness (QED) is 0.451. The van der Waals surface area contributed by atoms with Gasteiger partial charge >= 0.3 is 0 Å². The summed E-state index contributed by atoms with van der Waals surface area (Å²) >= 11 is 0. The Labute approximate surface area is 204 Å². The first-order valence-electron chi connectivity index (χ1n) is 11.6. The Kier molecular flexibility index (Phi) is 6.57. The van der Waals surface area contributed by atoms with E-state index in [0.29, 0.717) is 30.1 Å². The van der Waals surface area contributed by atoms with Gasteiger partial charge in [-0.3, -0.25) is 14.3 Å². The summed E-state index contributed by atoms with van der Waals surface area (Å²) in [4.78, 5) is 28.0. The first-order valence-corrected chi connectivity index (χ1v) is 11.6. The first-order chi connectivity index (χ1) is 17.2. The molecule has 1 aliphatic rings. The maximum Gasteiger partial charge on any atom is 0.262 e. The monoisotopic (exact) mass is 466 g/mol. The van der Waals surface area contributed by atoms with Crippen LogP contribution < -0.4 is 15.0 Å². The molecule has 1 unspecified atom stereocenters. The molecule has 7 nitrogen and oxygen atoms in total. The van der Waals surface area contributed by atoms with Crippen molar-refractivity contribution in [1.29, 1.82) is 0 Å². The van der Waals surface area contributed by atoms with Crippen LogP contribution in [0.25, 0.3) is 0 Å². The first kappa shape index (κ1) is 22.4. The Hall–Kier alpha value is -4.39. The molecular formula is C28H26N4O3. The molecular weight excluding hydrogens is 440 g/mol. The highest BCUT2D eigenvalue weighted by Gasteiger charge is 2.34. The lowest BCUT2D eigenvalue weighted by atomic mass is 10.1. The van der Waals surface area contributed by atoms with Crippen LogP contribution in [-0.2, 0) is 17.8 Å². The molecule has 0 fully saturated rings. The summed E-state index contributed by atoms with van der Waals surface area (Å²) in [5.74, 6) is 0.0436. The summed E-state index contributed by atoms with van der Waals surface area (Å²) in [5.41, 5.74) is 3.34. The molecule has 0 bridgehead atoms. The van der Waals surface area contributed by atoms with Gasteiger partial charge in [0.25, 0.3) is 11.8 Å². The fraction of sp³-hybridized carbons (Fsp3) is 0.179. The molecule has 0 radical (unpaired) electrons. The van der Waals surface area contributed by atoms with E-state index in [2.05, 4.69) is 10.4 Å². The van der Waals surface area contributed by atoms with E-state index >= 15 is 0 Å². The molecule has 0 aliphatic carbocycles. The van der Waals surface area contributed by atoms with Crippen LogP contribution in [0.15, 0.2) is 97.3 Å². The number of hydrogen-bond acceptors (Lipinski definition) is 4. The molecule has 1 atom stereocenters. The molecule has 1 N–H and O–H groups in total. The second-order valence-electron chi connectivity index (χ2n) is 8.43. The SMILES string of the molecule is O=C(NCCc1ccccc1)C1CN(C(=O)c2cnn(Cc3ccccc3)c2)c2ccccc2O1. The van der Waals surface area contributed by atoms with Crippen LogP contribution in [-0.4, -0.2) is 40.8 Å². The Bertz CT molecular complexity index is 1300. The third-order valence-corrected chi connectivity index (χ3v) is 5.93. The fourth-order valence-electron chi connectivity index (χ4n) is 4.14. The van der Waals surface area contributed by atoms with E-state index in [9.17, 15) is 9.59 Å². The summed E-state index contributed by atoms with van der Waals surface area (Å²) in [6.07, 6.45) is 3.23. The number of hydrogen-bond donors (Lipinski definition) is 1. The van der Waals surface area contributed by atoms with Crippen molar-refractivity contribution in [2.75, 3.05) is 18.0 Å². The number of para-hydroxylation sites is 2. The molecule has 35 heavy (non-hydrogen) atoms. The predicted octanol–water partition coefficient (Wildman–Crippen LogP) is 3.70. The Balaban J connectivity index is 1.29. The van der Waals surface area contributed by atoms with E-state index in [0.717, 1.165) is 17.5 Å². The number of aromatic nitrogens is 2. The molecule has 1 aromatic heterocycles. The second-order valence-corrected chi connectivity index (χ2v) is 8.43. The number of nitrogens with zero attached hydrogens (tertiary/aromatic N) is 3. The number of amides is 2. The van der Waals surface area contributed by atoms with Gasteiger partial charge < -0.3 is 15.0 Å². The number of benzene rings is 3. The zero-order valence-electron chi connectivity index (χ0n) is 19.2.